The Morgan fingerprint density at radius 2 is 1.83 bits per heavy atom. The predicted molar refractivity (Wildman–Crippen MR) is 157 cm³/mol. The van der Waals surface area contributed by atoms with Crippen molar-refractivity contribution in [2.24, 2.45) is 0 Å². The third-order valence-electron chi connectivity index (χ3n) is 6.81. The number of anilines is 2. The van der Waals surface area contributed by atoms with Gasteiger partial charge in [-0.25, -0.2) is 21.6 Å². The third kappa shape index (κ3) is 7.90. The van der Waals surface area contributed by atoms with E-state index in [1.807, 2.05) is 6.92 Å². The van der Waals surface area contributed by atoms with Crippen molar-refractivity contribution in [1.29, 1.82) is 0 Å². The minimum absolute atomic E-state index is 0.0420. The van der Waals surface area contributed by atoms with Crippen LogP contribution in [0.5, 0.6) is 5.75 Å². The molecule has 1 aliphatic rings. The van der Waals surface area contributed by atoms with Crippen LogP contribution < -0.4 is 20.1 Å². The van der Waals surface area contributed by atoms with Crippen molar-refractivity contribution in [3.05, 3.63) is 48.2 Å². The van der Waals surface area contributed by atoms with Gasteiger partial charge < -0.3 is 19.9 Å². The van der Waals surface area contributed by atoms with Crippen molar-refractivity contribution in [3.63, 3.8) is 0 Å². The Balaban J connectivity index is 1.56. The fraction of sp³-hybridized carbons (Fsp3) is 0.429. The van der Waals surface area contributed by atoms with E-state index in [4.69, 9.17) is 4.74 Å². The molecule has 3 aromatic rings. The van der Waals surface area contributed by atoms with E-state index >= 15 is 0 Å². The van der Waals surface area contributed by atoms with E-state index in [-0.39, 0.29) is 40.4 Å². The molecule has 1 aliphatic heterocycles. The summed E-state index contributed by atoms with van der Waals surface area (Å²) < 4.78 is 98.0. The van der Waals surface area contributed by atoms with Gasteiger partial charge in [-0.2, -0.15) is 13.2 Å². The zero-order valence-electron chi connectivity index (χ0n) is 23.2. The van der Waals surface area contributed by atoms with E-state index in [0.717, 1.165) is 4.57 Å². The lowest BCUT2D eigenvalue weighted by Gasteiger charge is -2.24. The molecular weight excluding hydrogens is 593 g/mol. The monoisotopic (exact) mass is 626 g/mol. The molecule has 0 radical (unpaired) electrons. The fourth-order valence-electron chi connectivity index (χ4n) is 4.70. The molecule has 2 aromatic carbocycles. The van der Waals surface area contributed by atoms with E-state index in [1.165, 1.54) is 25.3 Å². The Labute approximate surface area is 243 Å². The summed E-state index contributed by atoms with van der Waals surface area (Å²) in [5, 5.41) is 6.89. The normalized spacial score (nSPS) is 15.6. The second kappa shape index (κ2) is 12.8. The van der Waals surface area contributed by atoms with Gasteiger partial charge in [0.15, 0.2) is 0 Å². The lowest BCUT2D eigenvalue weighted by atomic mass is 10.1. The van der Waals surface area contributed by atoms with Crippen LogP contribution in [-0.2, 0) is 26.4 Å². The maximum absolute atomic E-state index is 13.5. The van der Waals surface area contributed by atoms with Gasteiger partial charge in [0.1, 0.15) is 22.1 Å². The van der Waals surface area contributed by atoms with Gasteiger partial charge in [-0.05, 0) is 55.5 Å². The van der Waals surface area contributed by atoms with Crippen LogP contribution >= 0.6 is 0 Å². The van der Waals surface area contributed by atoms with E-state index in [9.17, 15) is 30.0 Å². The molecule has 9 nitrogen and oxygen atoms in total. The molecule has 0 spiro atoms. The molecule has 1 saturated heterocycles. The second-order valence-electron chi connectivity index (χ2n) is 9.95. The number of hydrogen-bond donors (Lipinski definition) is 3. The molecule has 0 atom stereocenters. The molecule has 2 heterocycles. The summed E-state index contributed by atoms with van der Waals surface area (Å²) in [6.07, 6.45) is -3.00. The van der Waals surface area contributed by atoms with Crippen LogP contribution in [-0.4, -0.2) is 65.3 Å². The molecular formula is C28H33F3N4O5S2. The summed E-state index contributed by atoms with van der Waals surface area (Å²) in [4.78, 5) is 0.0420. The van der Waals surface area contributed by atoms with Gasteiger partial charge >= 0.3 is 6.18 Å². The van der Waals surface area contributed by atoms with Crippen LogP contribution in [0.1, 0.15) is 31.9 Å². The van der Waals surface area contributed by atoms with E-state index in [0.29, 0.717) is 48.1 Å². The molecule has 0 bridgehead atoms. The van der Waals surface area contributed by atoms with Gasteiger partial charge in [-0.15, -0.1) is 0 Å². The number of alkyl halides is 3. The maximum Gasteiger partial charge on any atom is 0.406 e. The lowest BCUT2D eigenvalue weighted by Crippen LogP contribution is -2.32. The molecule has 228 valence electrons. The summed E-state index contributed by atoms with van der Waals surface area (Å²) in [6.45, 7) is 0.970. The second-order valence-corrected chi connectivity index (χ2v) is 14.0. The zero-order chi connectivity index (χ0) is 30.5. The SMILES string of the molecule is CCCNS(=O)(=O)c1ccc(NCC#Cc2cc3c(NC4CCS(=O)(=O)CC4)cccc3n2CC(F)(F)F)c(OC)c1. The molecule has 0 amide bonds. The molecule has 42 heavy (non-hydrogen) atoms. The minimum Gasteiger partial charge on any atom is -0.495 e. The van der Waals surface area contributed by atoms with Gasteiger partial charge in [-0.1, -0.05) is 18.9 Å². The summed E-state index contributed by atoms with van der Waals surface area (Å²) in [7, 11) is -5.35. The Bertz CT molecular complexity index is 1690. The first-order valence-corrected chi connectivity index (χ1v) is 16.7. The van der Waals surface area contributed by atoms with Gasteiger partial charge in [-0.3, -0.25) is 0 Å². The van der Waals surface area contributed by atoms with Crippen molar-refractivity contribution in [2.45, 2.75) is 49.8 Å². The van der Waals surface area contributed by atoms with Crippen LogP contribution in [0.15, 0.2) is 47.4 Å². The lowest BCUT2D eigenvalue weighted by molar-refractivity contribution is -0.140. The topological polar surface area (TPSA) is 119 Å². The van der Waals surface area contributed by atoms with Gasteiger partial charge in [0.25, 0.3) is 0 Å². The molecule has 14 heteroatoms. The summed E-state index contributed by atoms with van der Waals surface area (Å²) in [5.74, 6) is 6.09. The highest BCUT2D eigenvalue weighted by Gasteiger charge is 2.30. The largest absolute Gasteiger partial charge is 0.495 e. The number of rotatable bonds is 10. The minimum atomic E-state index is -4.48. The average molecular weight is 627 g/mol. The highest BCUT2D eigenvalue weighted by Crippen LogP contribution is 2.32. The van der Waals surface area contributed by atoms with E-state index in [2.05, 4.69) is 27.2 Å². The average Bonchev–Trinajstić information content (AvgIpc) is 3.27. The first kappa shape index (κ1) is 31.5. The molecule has 4 rings (SSSR count). The Morgan fingerprint density at radius 3 is 2.50 bits per heavy atom. The Morgan fingerprint density at radius 1 is 1.10 bits per heavy atom. The number of nitrogens with one attached hydrogen (secondary N) is 3. The number of halogens is 3. The van der Waals surface area contributed by atoms with Crippen molar-refractivity contribution in [2.75, 3.05) is 42.3 Å². The molecule has 0 unspecified atom stereocenters. The standard InChI is InChI=1S/C28H33F3N4O5S2/c1-3-13-33-42(38,39)22-9-10-25(27(18-22)40-2)32-14-5-6-21-17-23-24(34-20-11-15-41(36,37)16-12-20)7-4-8-26(23)35(21)19-28(29,30)31/h4,7-10,17-18,20,32-34H,3,11-16,19H2,1-2H3. The smallest absolute Gasteiger partial charge is 0.406 e. The number of nitrogens with zero attached hydrogens (tertiary/aromatic N) is 1. The quantitative estimate of drug-likeness (QED) is 0.287. The van der Waals surface area contributed by atoms with Gasteiger partial charge in [0.2, 0.25) is 10.0 Å². The van der Waals surface area contributed by atoms with Crippen molar-refractivity contribution in [1.82, 2.24) is 9.29 Å². The molecule has 1 fully saturated rings. The van der Waals surface area contributed by atoms with E-state index < -0.39 is 32.6 Å². The van der Waals surface area contributed by atoms with Gasteiger partial charge in [0, 0.05) is 29.7 Å². The van der Waals surface area contributed by atoms with Crippen LogP contribution in [0.4, 0.5) is 24.5 Å². The summed E-state index contributed by atoms with van der Waals surface area (Å²) >= 11 is 0. The Hall–Kier alpha value is -3.41. The van der Waals surface area contributed by atoms with Crippen LogP contribution in [0.2, 0.25) is 0 Å². The highest BCUT2D eigenvalue weighted by molar-refractivity contribution is 7.91. The van der Waals surface area contributed by atoms with Crippen molar-refractivity contribution < 1.29 is 34.7 Å². The number of benzene rings is 2. The number of ether oxygens (including phenoxy) is 1. The molecule has 1 aromatic heterocycles. The number of aromatic nitrogens is 1. The number of methoxy groups -OCH3 is 1. The fourth-order valence-corrected chi connectivity index (χ4v) is 7.34. The van der Waals surface area contributed by atoms with Crippen LogP contribution in [0.3, 0.4) is 0 Å². The first-order valence-electron chi connectivity index (χ1n) is 13.4. The van der Waals surface area contributed by atoms with Crippen LogP contribution in [0, 0.1) is 11.8 Å². The molecule has 0 saturated carbocycles. The third-order valence-corrected chi connectivity index (χ3v) is 9.98. The van der Waals surface area contributed by atoms with Gasteiger partial charge in [0.05, 0.1) is 47.0 Å². The zero-order valence-corrected chi connectivity index (χ0v) is 24.8. The molecule has 3 N–H and O–H groups in total. The van der Waals surface area contributed by atoms with Crippen LogP contribution in [0.25, 0.3) is 10.9 Å². The summed E-state index contributed by atoms with van der Waals surface area (Å²) in [5.41, 5.74) is 1.61. The highest BCUT2D eigenvalue weighted by atomic mass is 32.2. The molecule has 0 aliphatic carbocycles. The number of hydrogen-bond acceptors (Lipinski definition) is 7. The Kier molecular flexibility index (Phi) is 9.64. The van der Waals surface area contributed by atoms with Crippen molar-refractivity contribution in [3.8, 4) is 17.6 Å². The number of sulfonamides is 1. The summed E-state index contributed by atoms with van der Waals surface area (Å²) in [6, 6.07) is 10.8. The predicted octanol–water partition coefficient (Wildman–Crippen LogP) is 4.35. The van der Waals surface area contributed by atoms with E-state index in [1.54, 1.807) is 24.3 Å². The maximum atomic E-state index is 13.5. The first-order chi connectivity index (χ1) is 19.8. The number of fused-ring (bicyclic) bond motifs is 1. The number of sulfone groups is 1. The van der Waals surface area contributed by atoms with Crippen molar-refractivity contribution >= 4 is 42.1 Å².